The molecule has 0 bridgehead atoms. The van der Waals surface area contributed by atoms with Gasteiger partial charge in [0.15, 0.2) is 6.61 Å². The molecule has 5 heteroatoms. The Balaban J connectivity index is 1.90. The molecule has 0 radical (unpaired) electrons. The Morgan fingerprint density at radius 2 is 2.29 bits per heavy atom. The monoisotopic (exact) mass is 292 g/mol. The normalized spacial score (nSPS) is 17.8. The van der Waals surface area contributed by atoms with Gasteiger partial charge in [0.1, 0.15) is 18.1 Å². The minimum atomic E-state index is -0.101. The summed E-state index contributed by atoms with van der Waals surface area (Å²) in [6.07, 6.45) is 0.907. The fourth-order valence-electron chi connectivity index (χ4n) is 2.26. The maximum Gasteiger partial charge on any atom is 0.258 e. The quantitative estimate of drug-likeness (QED) is 0.807. The molecule has 1 aromatic rings. The Kier molecular flexibility index (Phi) is 5.44. The Morgan fingerprint density at radius 1 is 1.48 bits per heavy atom. The number of ether oxygens (including phenoxy) is 2. The highest BCUT2D eigenvalue weighted by Gasteiger charge is 2.23. The third-order valence-corrected chi connectivity index (χ3v) is 3.61. The Morgan fingerprint density at radius 3 is 3.00 bits per heavy atom. The van der Waals surface area contributed by atoms with Gasteiger partial charge in [0.05, 0.1) is 6.04 Å². The zero-order chi connectivity index (χ0) is 15.2. The van der Waals surface area contributed by atoms with Gasteiger partial charge in [-0.3, -0.25) is 4.79 Å². The summed E-state index contributed by atoms with van der Waals surface area (Å²) in [5.41, 5.74) is 1.15. The van der Waals surface area contributed by atoms with Crippen molar-refractivity contribution in [2.24, 2.45) is 0 Å². The lowest BCUT2D eigenvalue weighted by Crippen LogP contribution is -2.35. The number of carbonyl (C=O) groups is 1. The smallest absolute Gasteiger partial charge is 0.258 e. The van der Waals surface area contributed by atoms with E-state index in [-0.39, 0.29) is 24.6 Å². The molecule has 5 nitrogen and oxygen atoms in total. The molecule has 1 heterocycles. The minimum absolute atomic E-state index is 0.0275. The van der Waals surface area contributed by atoms with Crippen LogP contribution in [0.25, 0.3) is 0 Å². The van der Waals surface area contributed by atoms with E-state index in [0.717, 1.165) is 24.3 Å². The Labute approximate surface area is 126 Å². The van der Waals surface area contributed by atoms with Gasteiger partial charge >= 0.3 is 0 Å². The van der Waals surface area contributed by atoms with Crippen molar-refractivity contribution in [1.29, 1.82) is 0 Å². The average Bonchev–Trinajstić information content (AvgIpc) is 2.88. The molecule has 0 saturated heterocycles. The van der Waals surface area contributed by atoms with Crippen LogP contribution >= 0.6 is 0 Å². The highest BCUT2D eigenvalue weighted by Crippen LogP contribution is 2.35. The standard InChI is InChI=1S/C16H24N2O3/c1-4-11(3)18-16(19)10-20-12-6-7-13-14(17-5-2)9-21-15(13)8-12/h6-8,11,14,17H,4-5,9-10H2,1-3H3,(H,18,19). The molecule has 1 aliphatic rings. The molecule has 1 amide bonds. The fourth-order valence-corrected chi connectivity index (χ4v) is 2.26. The van der Waals surface area contributed by atoms with Crippen LogP contribution in [0.4, 0.5) is 0 Å². The topological polar surface area (TPSA) is 59.6 Å². The van der Waals surface area contributed by atoms with Crippen molar-refractivity contribution in [3.8, 4) is 11.5 Å². The second kappa shape index (κ2) is 7.31. The van der Waals surface area contributed by atoms with E-state index in [0.29, 0.717) is 12.4 Å². The van der Waals surface area contributed by atoms with Gasteiger partial charge in [0, 0.05) is 17.7 Å². The highest BCUT2D eigenvalue weighted by molar-refractivity contribution is 5.77. The first kappa shape index (κ1) is 15.6. The highest BCUT2D eigenvalue weighted by atomic mass is 16.5. The van der Waals surface area contributed by atoms with Crippen LogP contribution in [-0.4, -0.2) is 31.7 Å². The van der Waals surface area contributed by atoms with Crippen molar-refractivity contribution in [1.82, 2.24) is 10.6 Å². The molecule has 2 unspecified atom stereocenters. The molecule has 0 aliphatic carbocycles. The first-order valence-electron chi connectivity index (χ1n) is 7.56. The summed E-state index contributed by atoms with van der Waals surface area (Å²) in [6, 6.07) is 6.15. The number of rotatable bonds is 7. The van der Waals surface area contributed by atoms with Crippen LogP contribution in [0.15, 0.2) is 18.2 Å². The van der Waals surface area contributed by atoms with Gasteiger partial charge in [0.25, 0.3) is 5.91 Å². The lowest BCUT2D eigenvalue weighted by Gasteiger charge is -2.12. The Hall–Kier alpha value is -1.75. The molecule has 116 valence electrons. The van der Waals surface area contributed by atoms with Crippen molar-refractivity contribution < 1.29 is 14.3 Å². The molecule has 0 spiro atoms. The van der Waals surface area contributed by atoms with E-state index in [1.165, 1.54) is 0 Å². The number of likely N-dealkylation sites (N-methyl/N-ethyl adjacent to an activating group) is 1. The van der Waals surface area contributed by atoms with Gasteiger partial charge in [0.2, 0.25) is 0 Å². The van der Waals surface area contributed by atoms with Gasteiger partial charge in [-0.15, -0.1) is 0 Å². The first-order chi connectivity index (χ1) is 10.1. The number of benzene rings is 1. The Bertz CT molecular complexity index is 490. The molecule has 1 aliphatic heterocycles. The number of amides is 1. The summed E-state index contributed by atoms with van der Waals surface area (Å²) >= 11 is 0. The number of hydrogen-bond acceptors (Lipinski definition) is 4. The summed E-state index contributed by atoms with van der Waals surface area (Å²) in [4.78, 5) is 11.7. The van der Waals surface area contributed by atoms with Gasteiger partial charge < -0.3 is 20.1 Å². The van der Waals surface area contributed by atoms with Crippen molar-refractivity contribution >= 4 is 5.91 Å². The van der Waals surface area contributed by atoms with Gasteiger partial charge in [-0.2, -0.15) is 0 Å². The summed E-state index contributed by atoms with van der Waals surface area (Å²) < 4.78 is 11.2. The molecule has 2 rings (SSSR count). The third-order valence-electron chi connectivity index (χ3n) is 3.61. The van der Waals surface area contributed by atoms with Gasteiger partial charge in [-0.25, -0.2) is 0 Å². The second-order valence-corrected chi connectivity index (χ2v) is 5.29. The molecular weight excluding hydrogens is 268 g/mol. The van der Waals surface area contributed by atoms with Crippen molar-refractivity contribution in [3.63, 3.8) is 0 Å². The van der Waals surface area contributed by atoms with E-state index in [1.807, 2.05) is 32.0 Å². The molecule has 1 aromatic carbocycles. The van der Waals surface area contributed by atoms with E-state index in [2.05, 4.69) is 17.6 Å². The van der Waals surface area contributed by atoms with E-state index in [4.69, 9.17) is 9.47 Å². The van der Waals surface area contributed by atoms with Crippen molar-refractivity contribution in [2.45, 2.75) is 39.3 Å². The van der Waals surface area contributed by atoms with Crippen LogP contribution in [0.5, 0.6) is 11.5 Å². The number of hydrogen-bond donors (Lipinski definition) is 2. The van der Waals surface area contributed by atoms with Crippen LogP contribution in [0, 0.1) is 0 Å². The van der Waals surface area contributed by atoms with E-state index < -0.39 is 0 Å². The summed E-state index contributed by atoms with van der Waals surface area (Å²) in [6.45, 7) is 7.65. The van der Waals surface area contributed by atoms with E-state index in [9.17, 15) is 4.79 Å². The number of fused-ring (bicyclic) bond motifs is 1. The molecule has 0 aromatic heterocycles. The first-order valence-corrected chi connectivity index (χ1v) is 7.56. The van der Waals surface area contributed by atoms with Crippen LogP contribution in [-0.2, 0) is 4.79 Å². The van der Waals surface area contributed by atoms with Gasteiger partial charge in [-0.1, -0.05) is 13.8 Å². The van der Waals surface area contributed by atoms with Gasteiger partial charge in [-0.05, 0) is 32.0 Å². The van der Waals surface area contributed by atoms with Crippen molar-refractivity contribution in [2.75, 3.05) is 19.8 Å². The third kappa shape index (κ3) is 4.11. The zero-order valence-corrected chi connectivity index (χ0v) is 12.9. The predicted molar refractivity (Wildman–Crippen MR) is 81.7 cm³/mol. The summed E-state index contributed by atoms with van der Waals surface area (Å²) in [5.74, 6) is 1.39. The second-order valence-electron chi connectivity index (χ2n) is 5.29. The fraction of sp³-hybridized carbons (Fsp3) is 0.562. The lowest BCUT2D eigenvalue weighted by molar-refractivity contribution is -0.123. The van der Waals surface area contributed by atoms with Crippen LogP contribution in [0.1, 0.15) is 38.8 Å². The van der Waals surface area contributed by atoms with E-state index >= 15 is 0 Å². The molecule has 2 atom stereocenters. The molecular formula is C16H24N2O3. The predicted octanol–water partition coefficient (Wildman–Crippen LogP) is 2.02. The van der Waals surface area contributed by atoms with Crippen molar-refractivity contribution in [3.05, 3.63) is 23.8 Å². The maximum atomic E-state index is 11.7. The lowest BCUT2D eigenvalue weighted by atomic mass is 10.1. The summed E-state index contributed by atoms with van der Waals surface area (Å²) in [5, 5.41) is 6.24. The van der Waals surface area contributed by atoms with E-state index in [1.54, 1.807) is 0 Å². The SMILES string of the molecule is CCNC1COc2cc(OCC(=O)NC(C)CC)ccc21. The largest absolute Gasteiger partial charge is 0.491 e. The number of nitrogens with one attached hydrogen (secondary N) is 2. The average molecular weight is 292 g/mol. The number of carbonyl (C=O) groups excluding carboxylic acids is 1. The molecule has 21 heavy (non-hydrogen) atoms. The molecule has 0 fully saturated rings. The summed E-state index contributed by atoms with van der Waals surface area (Å²) in [7, 11) is 0. The molecule has 2 N–H and O–H groups in total. The molecule has 0 saturated carbocycles. The van der Waals surface area contributed by atoms with Crippen LogP contribution in [0.3, 0.4) is 0 Å². The minimum Gasteiger partial charge on any atom is -0.491 e. The van der Waals surface area contributed by atoms with Crippen LogP contribution < -0.4 is 20.1 Å². The maximum absolute atomic E-state index is 11.7. The zero-order valence-electron chi connectivity index (χ0n) is 12.9. The van der Waals surface area contributed by atoms with Crippen LogP contribution in [0.2, 0.25) is 0 Å².